The van der Waals surface area contributed by atoms with Crippen LogP contribution in [0.4, 0.5) is 0 Å². The molecule has 0 N–H and O–H groups in total. The Morgan fingerprint density at radius 1 is 0.979 bits per heavy atom. The molecular weight excluding hydrogens is 704 g/mol. The number of allylic oxidation sites excluding steroid dienone is 1. The Balaban J connectivity index is 1.39. The van der Waals surface area contributed by atoms with Gasteiger partial charge in [-0.15, -0.1) is 0 Å². The van der Waals surface area contributed by atoms with Crippen molar-refractivity contribution in [1.29, 1.82) is 0 Å². The van der Waals surface area contributed by atoms with Crippen LogP contribution in [0.25, 0.3) is 6.08 Å². The van der Waals surface area contributed by atoms with E-state index in [1.807, 2.05) is 31.2 Å². The molecule has 0 amide bonds. The number of hydrogen-bond donors (Lipinski definition) is 0. The molecule has 2 aliphatic heterocycles. The Morgan fingerprint density at radius 2 is 1.75 bits per heavy atom. The van der Waals surface area contributed by atoms with Gasteiger partial charge in [-0.3, -0.25) is 9.36 Å². The summed E-state index contributed by atoms with van der Waals surface area (Å²) in [6.07, 6.45) is 1.77. The van der Waals surface area contributed by atoms with E-state index in [1.54, 1.807) is 51.3 Å². The van der Waals surface area contributed by atoms with Crippen LogP contribution in [0.3, 0.4) is 0 Å². The van der Waals surface area contributed by atoms with Crippen molar-refractivity contribution in [3.63, 3.8) is 0 Å². The SMILES string of the molecule is CCOC(=O)C1=C(C)N=c2s/c(=C/c3ccc(OCc4ccc5c(c4)OCO5)c(OC)c3)c(=O)n2[C@@H]1c1cc(OC)c(OCC)cc1Br. The van der Waals surface area contributed by atoms with Crippen molar-refractivity contribution in [1.82, 2.24) is 4.57 Å². The average molecular weight is 738 g/mol. The fraction of sp³-hybridized carbons (Fsp3) is 0.286. The maximum atomic E-state index is 14.2. The molecule has 3 aromatic carbocycles. The van der Waals surface area contributed by atoms with Crippen molar-refractivity contribution >= 4 is 39.3 Å². The number of rotatable bonds is 11. The van der Waals surface area contributed by atoms with Crippen LogP contribution < -0.4 is 43.3 Å². The molecule has 4 aromatic rings. The summed E-state index contributed by atoms with van der Waals surface area (Å²) < 4.78 is 41.9. The summed E-state index contributed by atoms with van der Waals surface area (Å²) in [5.74, 6) is 2.86. The molecule has 0 unspecified atom stereocenters. The minimum atomic E-state index is -0.845. The fourth-order valence-corrected chi connectivity index (χ4v) is 7.10. The lowest BCUT2D eigenvalue weighted by molar-refractivity contribution is -0.139. The Bertz CT molecular complexity index is 2100. The lowest BCUT2D eigenvalue weighted by atomic mass is 9.95. The third kappa shape index (κ3) is 6.39. The molecule has 48 heavy (non-hydrogen) atoms. The lowest BCUT2D eigenvalue weighted by Gasteiger charge is -2.26. The van der Waals surface area contributed by atoms with Gasteiger partial charge < -0.3 is 33.2 Å². The predicted molar refractivity (Wildman–Crippen MR) is 182 cm³/mol. The van der Waals surface area contributed by atoms with E-state index in [0.717, 1.165) is 5.56 Å². The number of ether oxygens (including phenoxy) is 7. The standard InChI is InChI=1S/C35H33BrN2O9S/c1-6-43-29-16-23(36)22(15-27(29)42-5)32-31(34(40)44-7-2)19(3)37-35-38(32)33(39)30(48-35)14-20-8-10-24(26(12-20)41-4)45-17-21-9-11-25-28(13-21)47-18-46-25/h8-16,32H,6-7,17-18H2,1-5H3/b30-14+/t32-/m1/s1. The molecule has 3 heterocycles. The quantitative estimate of drug-likeness (QED) is 0.190. The van der Waals surface area contributed by atoms with Gasteiger partial charge in [-0.05, 0) is 79.9 Å². The summed E-state index contributed by atoms with van der Waals surface area (Å²) in [4.78, 5) is 32.7. The maximum absolute atomic E-state index is 14.2. The summed E-state index contributed by atoms with van der Waals surface area (Å²) in [5.41, 5.74) is 2.64. The van der Waals surface area contributed by atoms with Gasteiger partial charge in [0.1, 0.15) is 6.61 Å². The molecule has 0 saturated heterocycles. The van der Waals surface area contributed by atoms with Crippen molar-refractivity contribution in [2.45, 2.75) is 33.4 Å². The van der Waals surface area contributed by atoms with Crippen LogP contribution in [-0.2, 0) is 16.1 Å². The van der Waals surface area contributed by atoms with Gasteiger partial charge >= 0.3 is 5.97 Å². The number of thiazole rings is 1. The molecule has 250 valence electrons. The average Bonchev–Trinajstić information content (AvgIpc) is 3.67. The Hall–Kier alpha value is -4.75. The summed E-state index contributed by atoms with van der Waals surface area (Å²) in [5, 5.41) is 0. The van der Waals surface area contributed by atoms with E-state index in [1.165, 1.54) is 23.0 Å². The fourth-order valence-electron chi connectivity index (χ4n) is 5.51. The van der Waals surface area contributed by atoms with Crippen molar-refractivity contribution in [3.8, 4) is 34.5 Å². The van der Waals surface area contributed by atoms with Gasteiger partial charge in [-0.25, -0.2) is 9.79 Å². The van der Waals surface area contributed by atoms with E-state index in [2.05, 4.69) is 20.9 Å². The second kappa shape index (κ2) is 14.2. The highest BCUT2D eigenvalue weighted by molar-refractivity contribution is 9.10. The van der Waals surface area contributed by atoms with Crippen molar-refractivity contribution in [3.05, 3.63) is 101 Å². The number of carbonyl (C=O) groups is 1. The minimum Gasteiger partial charge on any atom is -0.493 e. The number of methoxy groups -OCH3 is 2. The Kier molecular flexibility index (Phi) is 9.78. The van der Waals surface area contributed by atoms with Crippen LogP contribution in [0, 0.1) is 0 Å². The molecule has 11 nitrogen and oxygen atoms in total. The monoisotopic (exact) mass is 736 g/mol. The lowest BCUT2D eigenvalue weighted by Crippen LogP contribution is -2.40. The van der Waals surface area contributed by atoms with Crippen molar-refractivity contribution in [2.75, 3.05) is 34.2 Å². The highest BCUT2D eigenvalue weighted by Crippen LogP contribution is 2.41. The zero-order valence-corrected chi connectivity index (χ0v) is 29.4. The second-order valence-electron chi connectivity index (χ2n) is 10.6. The van der Waals surface area contributed by atoms with E-state index >= 15 is 0 Å². The zero-order valence-electron chi connectivity index (χ0n) is 27.0. The number of halogens is 1. The van der Waals surface area contributed by atoms with Crippen LogP contribution in [0.15, 0.2) is 74.1 Å². The molecule has 0 saturated carbocycles. The van der Waals surface area contributed by atoms with Crippen LogP contribution in [0.5, 0.6) is 34.5 Å². The largest absolute Gasteiger partial charge is 0.493 e. The van der Waals surface area contributed by atoms with Gasteiger partial charge in [0.15, 0.2) is 39.3 Å². The van der Waals surface area contributed by atoms with Crippen LogP contribution >= 0.6 is 27.3 Å². The molecule has 1 atom stereocenters. The van der Waals surface area contributed by atoms with Gasteiger partial charge in [-0.2, -0.15) is 0 Å². The van der Waals surface area contributed by atoms with Crippen molar-refractivity contribution in [2.24, 2.45) is 4.99 Å². The van der Waals surface area contributed by atoms with Crippen LogP contribution in [0.1, 0.15) is 43.5 Å². The van der Waals surface area contributed by atoms with Gasteiger partial charge in [0, 0.05) is 4.47 Å². The van der Waals surface area contributed by atoms with Gasteiger partial charge in [0.25, 0.3) is 5.56 Å². The minimum absolute atomic E-state index is 0.165. The van der Waals surface area contributed by atoms with E-state index in [0.29, 0.717) is 78.3 Å². The van der Waals surface area contributed by atoms with Gasteiger partial charge in [-0.1, -0.05) is 39.4 Å². The number of fused-ring (bicyclic) bond motifs is 2. The van der Waals surface area contributed by atoms with E-state index in [4.69, 9.17) is 33.2 Å². The summed E-state index contributed by atoms with van der Waals surface area (Å²) >= 11 is 4.88. The van der Waals surface area contributed by atoms with E-state index in [-0.39, 0.29) is 24.5 Å². The molecule has 1 aromatic heterocycles. The molecule has 0 bridgehead atoms. The molecule has 2 aliphatic rings. The topological polar surface area (TPSA) is 116 Å². The second-order valence-corrected chi connectivity index (χ2v) is 12.5. The number of benzene rings is 3. The molecule has 0 spiro atoms. The van der Waals surface area contributed by atoms with Crippen LogP contribution in [-0.4, -0.2) is 44.8 Å². The molecular formula is C35H33BrN2O9S. The molecule has 13 heteroatoms. The third-order valence-corrected chi connectivity index (χ3v) is 9.38. The highest BCUT2D eigenvalue weighted by atomic mass is 79.9. The maximum Gasteiger partial charge on any atom is 0.338 e. The number of esters is 1. The highest BCUT2D eigenvalue weighted by Gasteiger charge is 2.35. The first-order valence-corrected chi connectivity index (χ1v) is 16.8. The van der Waals surface area contributed by atoms with Crippen LogP contribution in [0.2, 0.25) is 0 Å². The van der Waals surface area contributed by atoms with Crippen molar-refractivity contribution < 1.29 is 38.0 Å². The number of nitrogens with zero attached hydrogens (tertiary/aromatic N) is 2. The molecule has 0 aliphatic carbocycles. The first-order chi connectivity index (χ1) is 23.3. The van der Waals surface area contributed by atoms with Gasteiger partial charge in [0.05, 0.1) is 49.3 Å². The summed E-state index contributed by atoms with van der Waals surface area (Å²) in [7, 11) is 3.10. The number of carbonyl (C=O) groups excluding carboxylic acids is 1. The van der Waals surface area contributed by atoms with Gasteiger partial charge in [0.2, 0.25) is 6.79 Å². The van der Waals surface area contributed by atoms with E-state index < -0.39 is 12.0 Å². The molecule has 0 radical (unpaired) electrons. The summed E-state index contributed by atoms with van der Waals surface area (Å²) in [6, 6.07) is 13.8. The summed E-state index contributed by atoms with van der Waals surface area (Å²) in [6.45, 7) is 6.44. The number of hydrogen-bond acceptors (Lipinski definition) is 11. The smallest absolute Gasteiger partial charge is 0.338 e. The predicted octanol–water partition coefficient (Wildman–Crippen LogP) is 5.28. The first-order valence-electron chi connectivity index (χ1n) is 15.2. The third-order valence-electron chi connectivity index (χ3n) is 7.71. The zero-order chi connectivity index (χ0) is 33.9. The Labute approximate surface area is 288 Å². The molecule has 6 rings (SSSR count). The van der Waals surface area contributed by atoms with E-state index in [9.17, 15) is 9.59 Å². The number of aromatic nitrogens is 1. The Morgan fingerprint density at radius 3 is 2.50 bits per heavy atom. The first kappa shape index (κ1) is 33.2. The normalized spacial score (nSPS) is 15.1. The molecule has 0 fully saturated rings.